The number of aryl methyl sites for hydroxylation is 1. The van der Waals surface area contributed by atoms with E-state index >= 15 is 0 Å². The molecule has 2 fully saturated rings. The van der Waals surface area contributed by atoms with Gasteiger partial charge in [0.2, 0.25) is 5.88 Å². The Balaban J connectivity index is 1.16. The molecule has 4 aromatic rings. The zero-order valence-electron chi connectivity index (χ0n) is 19.2. The molecule has 1 N–H and O–H groups in total. The van der Waals surface area contributed by atoms with E-state index in [0.717, 1.165) is 72.7 Å². The predicted molar refractivity (Wildman–Crippen MR) is 129 cm³/mol. The number of rotatable bonds is 5. The van der Waals surface area contributed by atoms with Crippen molar-refractivity contribution in [2.24, 2.45) is 0 Å². The Morgan fingerprint density at radius 3 is 2.74 bits per heavy atom. The van der Waals surface area contributed by atoms with Crippen LogP contribution in [0.2, 0.25) is 0 Å². The predicted octanol–water partition coefficient (Wildman–Crippen LogP) is 4.11. The molecule has 1 aliphatic carbocycles. The van der Waals surface area contributed by atoms with Crippen LogP contribution in [0, 0.1) is 6.92 Å². The van der Waals surface area contributed by atoms with Gasteiger partial charge in [-0.15, -0.1) is 0 Å². The maximum absolute atomic E-state index is 6.49. The second kappa shape index (κ2) is 9.06. The summed E-state index contributed by atoms with van der Waals surface area (Å²) in [5, 5.41) is 4.53. The van der Waals surface area contributed by atoms with Gasteiger partial charge in [0.25, 0.3) is 0 Å². The first-order valence-electron chi connectivity index (χ1n) is 12.0. The van der Waals surface area contributed by atoms with E-state index < -0.39 is 0 Å². The largest absolute Gasteiger partial charge is 0.474 e. The summed E-state index contributed by atoms with van der Waals surface area (Å²) in [5.41, 5.74) is 2.46. The normalized spacial score (nSPS) is 21.1. The van der Waals surface area contributed by atoms with Gasteiger partial charge in [0.15, 0.2) is 11.4 Å². The number of morpholine rings is 1. The maximum atomic E-state index is 6.49. The molecule has 0 unspecified atom stereocenters. The fraction of sp³-hybridized carbons (Fsp3) is 0.440. The van der Waals surface area contributed by atoms with Crippen LogP contribution < -0.4 is 15.0 Å². The number of nitrogens with one attached hydrogen (secondary N) is 1. The number of hydrogen-bond donors (Lipinski definition) is 1. The first-order valence-corrected chi connectivity index (χ1v) is 12.0. The van der Waals surface area contributed by atoms with E-state index in [1.807, 2.05) is 37.4 Å². The molecule has 6 rings (SSSR count). The van der Waals surface area contributed by atoms with E-state index in [9.17, 15) is 0 Å². The van der Waals surface area contributed by atoms with E-state index in [1.54, 1.807) is 6.26 Å². The van der Waals surface area contributed by atoms with Crippen LogP contribution in [-0.2, 0) is 4.74 Å². The summed E-state index contributed by atoms with van der Waals surface area (Å²) in [6.07, 6.45) is 7.43. The molecule has 0 radical (unpaired) electrons. The van der Waals surface area contributed by atoms with Gasteiger partial charge in [0.1, 0.15) is 23.3 Å². The SMILES string of the molecule is Cc1nc(NC2CCC(Oc3nc(N4CCOCC4)cc4ncccc34)CC2)c2occc2n1. The van der Waals surface area contributed by atoms with Crippen LogP contribution in [0.15, 0.2) is 41.1 Å². The van der Waals surface area contributed by atoms with E-state index in [0.29, 0.717) is 30.7 Å². The number of aromatic nitrogens is 4. The highest BCUT2D eigenvalue weighted by molar-refractivity contribution is 5.86. The van der Waals surface area contributed by atoms with Gasteiger partial charge in [-0.3, -0.25) is 4.98 Å². The molecule has 0 bridgehead atoms. The van der Waals surface area contributed by atoms with Crippen molar-refractivity contribution in [3.63, 3.8) is 0 Å². The standard InChI is InChI=1S/C25H28N6O3/c1-16-27-20-8-12-33-23(20)24(28-16)29-17-4-6-18(7-5-17)34-25-19-3-2-9-26-21(19)15-22(30-25)31-10-13-32-14-11-31/h2-3,8-9,12,15,17-18H,4-7,10-11,13-14H2,1H3,(H,27,28,29). The molecule has 1 saturated heterocycles. The van der Waals surface area contributed by atoms with Crippen LogP contribution in [0.25, 0.3) is 22.0 Å². The molecule has 0 spiro atoms. The zero-order valence-corrected chi connectivity index (χ0v) is 19.2. The monoisotopic (exact) mass is 460 g/mol. The first kappa shape index (κ1) is 21.1. The Kier molecular flexibility index (Phi) is 5.62. The third-order valence-electron chi connectivity index (χ3n) is 6.59. The van der Waals surface area contributed by atoms with E-state index in [2.05, 4.69) is 25.2 Å². The van der Waals surface area contributed by atoms with Crippen molar-refractivity contribution in [3.05, 3.63) is 42.5 Å². The number of nitrogens with zero attached hydrogens (tertiary/aromatic N) is 5. The zero-order chi connectivity index (χ0) is 22.9. The average molecular weight is 461 g/mol. The van der Waals surface area contributed by atoms with Crippen LogP contribution >= 0.6 is 0 Å². The Hall–Kier alpha value is -3.46. The molecular weight excluding hydrogens is 432 g/mol. The van der Waals surface area contributed by atoms with Crippen molar-refractivity contribution in [1.82, 2.24) is 19.9 Å². The van der Waals surface area contributed by atoms with Crippen LogP contribution in [0.1, 0.15) is 31.5 Å². The van der Waals surface area contributed by atoms with Crippen LogP contribution in [0.4, 0.5) is 11.6 Å². The Morgan fingerprint density at radius 2 is 1.88 bits per heavy atom. The fourth-order valence-electron chi connectivity index (χ4n) is 4.83. The van der Waals surface area contributed by atoms with Gasteiger partial charge in [0.05, 0.1) is 30.4 Å². The van der Waals surface area contributed by atoms with Crippen molar-refractivity contribution in [3.8, 4) is 5.88 Å². The number of fused-ring (bicyclic) bond motifs is 2. The molecule has 1 aliphatic heterocycles. The van der Waals surface area contributed by atoms with E-state index in [-0.39, 0.29) is 6.10 Å². The quantitative estimate of drug-likeness (QED) is 0.472. The fourth-order valence-corrected chi connectivity index (χ4v) is 4.83. The lowest BCUT2D eigenvalue weighted by molar-refractivity contribution is 0.122. The highest BCUT2D eigenvalue weighted by Gasteiger charge is 2.25. The summed E-state index contributed by atoms with van der Waals surface area (Å²) in [5.74, 6) is 3.09. The summed E-state index contributed by atoms with van der Waals surface area (Å²) < 4.78 is 17.6. The van der Waals surface area contributed by atoms with Gasteiger partial charge in [-0.2, -0.15) is 4.98 Å². The average Bonchev–Trinajstić information content (AvgIpc) is 3.34. The van der Waals surface area contributed by atoms with Crippen LogP contribution in [0.5, 0.6) is 5.88 Å². The molecule has 0 amide bonds. The number of pyridine rings is 2. The highest BCUT2D eigenvalue weighted by atomic mass is 16.5. The van der Waals surface area contributed by atoms with Gasteiger partial charge in [-0.25, -0.2) is 9.97 Å². The van der Waals surface area contributed by atoms with E-state index in [4.69, 9.17) is 18.9 Å². The number of furan rings is 1. The summed E-state index contributed by atoms with van der Waals surface area (Å²) in [6, 6.07) is 8.21. The lowest BCUT2D eigenvalue weighted by Gasteiger charge is -2.31. The van der Waals surface area contributed by atoms with Crippen molar-refractivity contribution in [2.45, 2.75) is 44.8 Å². The number of hydrogen-bond acceptors (Lipinski definition) is 9. The smallest absolute Gasteiger partial charge is 0.225 e. The van der Waals surface area contributed by atoms with Crippen molar-refractivity contribution >= 4 is 33.6 Å². The van der Waals surface area contributed by atoms with Crippen molar-refractivity contribution in [2.75, 3.05) is 36.5 Å². The lowest BCUT2D eigenvalue weighted by atomic mass is 9.93. The van der Waals surface area contributed by atoms with E-state index in [1.165, 1.54) is 0 Å². The molecule has 2 aliphatic rings. The summed E-state index contributed by atoms with van der Waals surface area (Å²) in [7, 11) is 0. The maximum Gasteiger partial charge on any atom is 0.225 e. The minimum atomic E-state index is 0.115. The van der Waals surface area contributed by atoms with Crippen molar-refractivity contribution < 1.29 is 13.9 Å². The second-order valence-electron chi connectivity index (χ2n) is 8.95. The topological polar surface area (TPSA) is 98.4 Å². The molecule has 9 heteroatoms. The Bertz CT molecular complexity index is 1290. The van der Waals surface area contributed by atoms with Gasteiger partial charge in [-0.05, 0) is 44.7 Å². The van der Waals surface area contributed by atoms with Gasteiger partial charge in [-0.1, -0.05) is 0 Å². The highest BCUT2D eigenvalue weighted by Crippen LogP contribution is 2.32. The number of anilines is 2. The molecule has 1 saturated carbocycles. The third-order valence-corrected chi connectivity index (χ3v) is 6.59. The molecule has 9 nitrogen and oxygen atoms in total. The van der Waals surface area contributed by atoms with Crippen molar-refractivity contribution in [1.29, 1.82) is 0 Å². The second-order valence-corrected chi connectivity index (χ2v) is 8.95. The lowest BCUT2D eigenvalue weighted by Crippen LogP contribution is -2.37. The minimum Gasteiger partial charge on any atom is -0.474 e. The molecule has 4 aromatic heterocycles. The molecule has 0 aromatic carbocycles. The first-order chi connectivity index (χ1) is 16.7. The molecule has 0 atom stereocenters. The minimum absolute atomic E-state index is 0.115. The molecule has 34 heavy (non-hydrogen) atoms. The molecule has 176 valence electrons. The summed E-state index contributed by atoms with van der Waals surface area (Å²) in [6.45, 7) is 4.98. The van der Waals surface area contributed by atoms with Gasteiger partial charge >= 0.3 is 0 Å². The van der Waals surface area contributed by atoms with Gasteiger partial charge < -0.3 is 24.1 Å². The van der Waals surface area contributed by atoms with Gasteiger partial charge in [0, 0.05) is 37.5 Å². The summed E-state index contributed by atoms with van der Waals surface area (Å²) in [4.78, 5) is 20.7. The number of ether oxygens (including phenoxy) is 2. The Labute approximate surface area is 197 Å². The summed E-state index contributed by atoms with van der Waals surface area (Å²) >= 11 is 0. The molecule has 5 heterocycles. The Morgan fingerprint density at radius 1 is 1.03 bits per heavy atom. The molecular formula is C25H28N6O3. The third kappa shape index (κ3) is 4.23. The van der Waals surface area contributed by atoms with Crippen LogP contribution in [0.3, 0.4) is 0 Å². The van der Waals surface area contributed by atoms with Crippen LogP contribution in [-0.4, -0.2) is 58.4 Å².